The average Bonchev–Trinajstić information content (AvgIpc) is 2.93. The third kappa shape index (κ3) is 9.20. The highest BCUT2D eigenvalue weighted by atomic mass is 28.5. The minimum Gasteiger partial charge on any atom is -0.462 e. The molecule has 16 heteroatoms. The highest BCUT2D eigenvalue weighted by Crippen LogP contribution is 2.31. The van der Waals surface area contributed by atoms with Crippen LogP contribution in [0.1, 0.15) is 26.7 Å². The van der Waals surface area contributed by atoms with E-state index in [0.29, 0.717) is 0 Å². The first-order valence-corrected chi connectivity index (χ1v) is 20.6. The van der Waals surface area contributed by atoms with Crippen molar-refractivity contribution in [1.82, 2.24) is 0 Å². The molecule has 12 nitrogen and oxygen atoms in total. The van der Waals surface area contributed by atoms with Crippen LogP contribution in [-0.2, 0) is 35.5 Å². The standard InChI is InChI=1S/C26H36O12Si4/c1-21(2)25(27)33-17-11-19-39(29)35-40(30,20-12-18-34-26(28)22(3)4)37-42(32,24-15-9-6-10-16-24)38-41(31,36-39)23-13-7-5-8-14-23/h5-10,13-16,29-32H,1,3,11-12,17-20H2,2,4H3. The lowest BCUT2D eigenvalue weighted by atomic mass is 10.4. The zero-order chi connectivity index (χ0) is 31.0. The number of esters is 2. The first kappa shape index (κ1) is 33.9. The highest BCUT2D eigenvalue weighted by molar-refractivity contribution is 6.95. The van der Waals surface area contributed by atoms with Crippen LogP contribution >= 0.6 is 0 Å². The molecule has 0 radical (unpaired) electrons. The summed E-state index contributed by atoms with van der Waals surface area (Å²) in [5.74, 6) is -1.25. The molecule has 4 N–H and O–H groups in total. The number of hydrogen-bond acceptors (Lipinski definition) is 12. The van der Waals surface area contributed by atoms with E-state index < -0.39 is 47.2 Å². The maximum atomic E-state index is 11.9. The number of carbonyl (C=O) groups excluding carboxylic acids is 2. The van der Waals surface area contributed by atoms with Gasteiger partial charge in [-0.2, -0.15) is 0 Å². The van der Waals surface area contributed by atoms with E-state index in [1.165, 1.54) is 38.1 Å². The smallest absolute Gasteiger partial charge is 0.462 e. The molecule has 1 heterocycles. The van der Waals surface area contributed by atoms with Crippen LogP contribution in [0.3, 0.4) is 0 Å². The van der Waals surface area contributed by atoms with Gasteiger partial charge in [0.1, 0.15) is 0 Å². The predicted octanol–water partition coefficient (Wildman–Crippen LogP) is 0.624. The van der Waals surface area contributed by atoms with E-state index in [1.807, 2.05) is 0 Å². The van der Waals surface area contributed by atoms with Gasteiger partial charge in [0.2, 0.25) is 0 Å². The van der Waals surface area contributed by atoms with Gasteiger partial charge in [0.05, 0.1) is 13.2 Å². The van der Waals surface area contributed by atoms with Crippen LogP contribution < -0.4 is 10.4 Å². The van der Waals surface area contributed by atoms with Crippen molar-refractivity contribution in [1.29, 1.82) is 0 Å². The molecule has 0 aromatic heterocycles. The van der Waals surface area contributed by atoms with Gasteiger partial charge >= 0.3 is 47.2 Å². The van der Waals surface area contributed by atoms with Crippen LogP contribution in [0.25, 0.3) is 0 Å². The molecule has 228 valence electrons. The topological polar surface area (TPSA) is 170 Å². The molecule has 0 aliphatic carbocycles. The zero-order valence-corrected chi connectivity index (χ0v) is 27.5. The lowest BCUT2D eigenvalue weighted by Gasteiger charge is -2.44. The summed E-state index contributed by atoms with van der Waals surface area (Å²) in [7, 11) is -18.6. The van der Waals surface area contributed by atoms with Crippen LogP contribution in [0.15, 0.2) is 85.0 Å². The lowest BCUT2D eigenvalue weighted by molar-refractivity contribution is -0.139. The Morgan fingerprint density at radius 1 is 0.643 bits per heavy atom. The van der Waals surface area contributed by atoms with Gasteiger partial charge in [-0.15, -0.1) is 0 Å². The Balaban J connectivity index is 1.97. The van der Waals surface area contributed by atoms with Gasteiger partial charge < -0.3 is 45.1 Å². The quantitative estimate of drug-likeness (QED) is 0.109. The normalized spacial score (nSPS) is 27.8. The summed E-state index contributed by atoms with van der Waals surface area (Å²) in [6.45, 7) is 9.74. The Bertz CT molecular complexity index is 1170. The second-order valence-electron chi connectivity index (χ2n) is 9.77. The van der Waals surface area contributed by atoms with Crippen molar-refractivity contribution in [3.8, 4) is 0 Å². The van der Waals surface area contributed by atoms with Gasteiger partial charge in [0.25, 0.3) is 0 Å². The molecular formula is C26H36O12Si4. The third-order valence-electron chi connectivity index (χ3n) is 5.91. The first-order valence-electron chi connectivity index (χ1n) is 13.2. The fourth-order valence-corrected chi connectivity index (χ4v) is 18.9. The third-order valence-corrected chi connectivity index (χ3v) is 19.5. The molecule has 0 amide bonds. The Morgan fingerprint density at radius 3 is 1.33 bits per heavy atom. The fourth-order valence-electron chi connectivity index (χ4n) is 3.86. The van der Waals surface area contributed by atoms with Crippen LogP contribution in [0.4, 0.5) is 0 Å². The van der Waals surface area contributed by atoms with E-state index in [2.05, 4.69) is 13.2 Å². The molecule has 2 aromatic carbocycles. The van der Waals surface area contributed by atoms with Crippen LogP contribution in [0.5, 0.6) is 0 Å². The molecule has 0 spiro atoms. The highest BCUT2D eigenvalue weighted by Gasteiger charge is 2.65. The van der Waals surface area contributed by atoms with E-state index in [4.69, 9.17) is 25.9 Å². The van der Waals surface area contributed by atoms with Gasteiger partial charge in [-0.05, 0) is 26.7 Å². The molecule has 1 fully saturated rings. The second-order valence-corrected chi connectivity index (χ2v) is 20.4. The Hall–Kier alpha value is -2.59. The molecule has 0 bridgehead atoms. The van der Waals surface area contributed by atoms with Gasteiger partial charge in [-0.25, -0.2) is 9.59 Å². The molecule has 42 heavy (non-hydrogen) atoms. The molecule has 1 saturated heterocycles. The van der Waals surface area contributed by atoms with Crippen molar-refractivity contribution in [2.45, 2.75) is 38.8 Å². The molecular weight excluding hydrogens is 617 g/mol. The summed E-state index contributed by atoms with van der Waals surface area (Å²) in [6, 6.07) is 15.4. The molecule has 1 aliphatic rings. The predicted molar refractivity (Wildman–Crippen MR) is 159 cm³/mol. The van der Waals surface area contributed by atoms with Crippen LogP contribution in [0, 0.1) is 0 Å². The summed E-state index contributed by atoms with van der Waals surface area (Å²) >= 11 is 0. The van der Waals surface area contributed by atoms with Crippen molar-refractivity contribution < 1.29 is 54.7 Å². The molecule has 1 aliphatic heterocycles. The van der Waals surface area contributed by atoms with Crippen molar-refractivity contribution in [2.24, 2.45) is 0 Å². The maximum absolute atomic E-state index is 11.9. The SMILES string of the molecule is C=C(C)C(=O)OCCC[Si]1(O)O[Si](O)(CCCOC(=O)C(=C)C)O[Si](O)(c2ccccc2)O[Si](O)(c2ccccc2)O1. The van der Waals surface area contributed by atoms with Crippen molar-refractivity contribution in [3.05, 3.63) is 85.0 Å². The first-order chi connectivity index (χ1) is 19.7. The Morgan fingerprint density at radius 2 is 1.00 bits per heavy atom. The minimum atomic E-state index is -4.69. The average molecular weight is 653 g/mol. The van der Waals surface area contributed by atoms with E-state index in [-0.39, 0.29) is 59.7 Å². The zero-order valence-electron chi connectivity index (χ0n) is 23.5. The van der Waals surface area contributed by atoms with Gasteiger partial charge in [0.15, 0.2) is 0 Å². The summed E-state index contributed by atoms with van der Waals surface area (Å²) in [4.78, 5) is 70.7. The minimum absolute atomic E-state index is 0.0299. The number of carbonyl (C=O) groups is 2. The molecule has 0 saturated carbocycles. The molecule has 2 aromatic rings. The van der Waals surface area contributed by atoms with E-state index in [0.717, 1.165) is 0 Å². The van der Waals surface area contributed by atoms with Crippen LogP contribution in [0.2, 0.25) is 12.1 Å². The molecule has 3 rings (SSSR count). The number of benzene rings is 2. The van der Waals surface area contributed by atoms with Crippen molar-refractivity contribution >= 4 is 57.5 Å². The lowest BCUT2D eigenvalue weighted by Crippen LogP contribution is -2.76. The van der Waals surface area contributed by atoms with Gasteiger partial charge in [-0.1, -0.05) is 73.8 Å². The maximum Gasteiger partial charge on any atom is 0.520 e. The number of ether oxygens (including phenoxy) is 2. The fraction of sp³-hybridized carbons (Fsp3) is 0.308. The van der Waals surface area contributed by atoms with E-state index in [9.17, 15) is 28.8 Å². The monoisotopic (exact) mass is 652 g/mol. The van der Waals surface area contributed by atoms with Crippen LogP contribution in [-0.4, -0.2) is 79.6 Å². The van der Waals surface area contributed by atoms with E-state index >= 15 is 0 Å². The van der Waals surface area contributed by atoms with E-state index in [1.54, 1.807) is 36.4 Å². The van der Waals surface area contributed by atoms with Crippen molar-refractivity contribution in [2.75, 3.05) is 13.2 Å². The summed E-state index contributed by atoms with van der Waals surface area (Å²) in [5, 5.41) is 0.301. The Kier molecular flexibility index (Phi) is 11.5. The summed E-state index contributed by atoms with van der Waals surface area (Å²) < 4.78 is 34.0. The summed E-state index contributed by atoms with van der Waals surface area (Å²) in [5.41, 5.74) is 0.382. The van der Waals surface area contributed by atoms with Gasteiger partial charge in [-0.3, -0.25) is 0 Å². The number of rotatable bonds is 12. The summed E-state index contributed by atoms with van der Waals surface area (Å²) in [6.07, 6.45) is 0.0597. The van der Waals surface area contributed by atoms with Crippen molar-refractivity contribution in [3.63, 3.8) is 0 Å². The molecule has 4 atom stereocenters. The molecule has 4 unspecified atom stereocenters. The second kappa shape index (κ2) is 14.3. The largest absolute Gasteiger partial charge is 0.520 e. The number of hydrogen-bond donors (Lipinski definition) is 4. The Labute approximate surface area is 248 Å². The van der Waals surface area contributed by atoms with Gasteiger partial charge in [0, 0.05) is 33.6 Å².